The van der Waals surface area contributed by atoms with Crippen LogP contribution < -0.4 is 10.5 Å². The van der Waals surface area contributed by atoms with E-state index in [0.717, 1.165) is 45.0 Å². The summed E-state index contributed by atoms with van der Waals surface area (Å²) in [6.07, 6.45) is 0. The molecule has 0 aromatic heterocycles. The van der Waals surface area contributed by atoms with Crippen molar-refractivity contribution in [2.45, 2.75) is 0 Å². The molecule has 1 fully saturated rings. The molecule has 1 aromatic carbocycles. The van der Waals surface area contributed by atoms with Gasteiger partial charge in [-0.05, 0) is 24.3 Å². The number of β-amino-alcohol motifs (C(OH)–C–C–N with tert-alkyl or cyclic N) is 1. The SMILES string of the molecule is N=C(N)c1ccc(OCCN2CCN(CCO)CC2)cc1. The summed E-state index contributed by atoms with van der Waals surface area (Å²) in [5.74, 6) is 0.876. The first-order chi connectivity index (χ1) is 10.2. The van der Waals surface area contributed by atoms with Crippen LogP contribution in [-0.4, -0.2) is 73.2 Å². The Bertz CT molecular complexity index is 441. The van der Waals surface area contributed by atoms with Gasteiger partial charge in [0.2, 0.25) is 0 Å². The van der Waals surface area contributed by atoms with Gasteiger partial charge in [0, 0.05) is 44.8 Å². The van der Waals surface area contributed by atoms with Crippen LogP contribution in [0.3, 0.4) is 0 Å². The van der Waals surface area contributed by atoms with Crippen molar-refractivity contribution in [3.05, 3.63) is 29.8 Å². The number of nitrogens with one attached hydrogen (secondary N) is 1. The fourth-order valence-electron chi connectivity index (χ4n) is 2.40. The molecular formula is C15H24N4O2. The van der Waals surface area contributed by atoms with Crippen molar-refractivity contribution in [1.82, 2.24) is 9.80 Å². The molecule has 1 saturated heterocycles. The largest absolute Gasteiger partial charge is 0.492 e. The summed E-state index contributed by atoms with van der Waals surface area (Å²) in [5.41, 5.74) is 6.12. The Morgan fingerprint density at radius 3 is 2.19 bits per heavy atom. The lowest BCUT2D eigenvalue weighted by Gasteiger charge is -2.34. The fraction of sp³-hybridized carbons (Fsp3) is 0.533. The molecule has 6 heteroatoms. The summed E-state index contributed by atoms with van der Waals surface area (Å²) >= 11 is 0. The number of aliphatic hydroxyl groups excluding tert-OH is 1. The summed E-state index contributed by atoms with van der Waals surface area (Å²) in [7, 11) is 0. The number of hydrogen-bond acceptors (Lipinski definition) is 5. The van der Waals surface area contributed by atoms with Crippen molar-refractivity contribution >= 4 is 5.84 Å². The number of aliphatic hydroxyl groups is 1. The molecule has 1 aromatic rings. The molecule has 2 rings (SSSR count). The second kappa shape index (κ2) is 7.97. The van der Waals surface area contributed by atoms with Crippen LogP contribution in [0.4, 0.5) is 0 Å². The smallest absolute Gasteiger partial charge is 0.122 e. The zero-order chi connectivity index (χ0) is 15.1. The van der Waals surface area contributed by atoms with Crippen molar-refractivity contribution in [3.63, 3.8) is 0 Å². The van der Waals surface area contributed by atoms with Crippen LogP contribution in [0.5, 0.6) is 5.75 Å². The maximum Gasteiger partial charge on any atom is 0.122 e. The first-order valence-electron chi connectivity index (χ1n) is 7.32. The summed E-state index contributed by atoms with van der Waals surface area (Å²) in [5, 5.41) is 16.2. The third kappa shape index (κ3) is 5.00. The van der Waals surface area contributed by atoms with E-state index in [2.05, 4.69) is 9.80 Å². The molecule has 1 heterocycles. The maximum absolute atomic E-state index is 8.91. The van der Waals surface area contributed by atoms with E-state index >= 15 is 0 Å². The molecule has 4 N–H and O–H groups in total. The number of piperazine rings is 1. The molecule has 21 heavy (non-hydrogen) atoms. The highest BCUT2D eigenvalue weighted by atomic mass is 16.5. The van der Waals surface area contributed by atoms with Gasteiger partial charge in [-0.2, -0.15) is 0 Å². The number of nitrogens with zero attached hydrogens (tertiary/aromatic N) is 2. The zero-order valence-corrected chi connectivity index (χ0v) is 12.3. The van der Waals surface area contributed by atoms with Crippen LogP contribution in [0.2, 0.25) is 0 Å². The van der Waals surface area contributed by atoms with Gasteiger partial charge in [0.1, 0.15) is 18.2 Å². The molecule has 0 atom stereocenters. The molecule has 0 bridgehead atoms. The van der Waals surface area contributed by atoms with E-state index in [9.17, 15) is 0 Å². The van der Waals surface area contributed by atoms with Crippen LogP contribution in [0, 0.1) is 5.41 Å². The maximum atomic E-state index is 8.91. The quantitative estimate of drug-likeness (QED) is 0.485. The van der Waals surface area contributed by atoms with Crippen molar-refractivity contribution in [3.8, 4) is 5.75 Å². The topological polar surface area (TPSA) is 85.8 Å². The number of benzene rings is 1. The lowest BCUT2D eigenvalue weighted by atomic mass is 10.2. The van der Waals surface area contributed by atoms with Crippen molar-refractivity contribution in [2.24, 2.45) is 5.73 Å². The van der Waals surface area contributed by atoms with Gasteiger partial charge in [0.15, 0.2) is 0 Å². The number of rotatable bonds is 7. The summed E-state index contributed by atoms with van der Waals surface area (Å²) in [4.78, 5) is 4.65. The Morgan fingerprint density at radius 2 is 1.67 bits per heavy atom. The molecule has 0 amide bonds. The Balaban J connectivity index is 1.67. The molecule has 6 nitrogen and oxygen atoms in total. The Labute approximate surface area is 125 Å². The van der Waals surface area contributed by atoms with Crippen LogP contribution in [0.25, 0.3) is 0 Å². The second-order valence-corrected chi connectivity index (χ2v) is 5.19. The van der Waals surface area contributed by atoms with Crippen molar-refractivity contribution < 1.29 is 9.84 Å². The average Bonchev–Trinajstić information content (AvgIpc) is 2.50. The molecule has 0 radical (unpaired) electrons. The molecule has 1 aliphatic heterocycles. The molecule has 1 aliphatic rings. The van der Waals surface area contributed by atoms with Crippen LogP contribution >= 0.6 is 0 Å². The van der Waals surface area contributed by atoms with E-state index in [1.165, 1.54) is 0 Å². The highest BCUT2D eigenvalue weighted by Gasteiger charge is 2.15. The van der Waals surface area contributed by atoms with Gasteiger partial charge in [-0.3, -0.25) is 15.2 Å². The molecule has 0 spiro atoms. The predicted molar refractivity (Wildman–Crippen MR) is 82.9 cm³/mol. The van der Waals surface area contributed by atoms with Gasteiger partial charge in [0.25, 0.3) is 0 Å². The third-order valence-electron chi connectivity index (χ3n) is 3.72. The second-order valence-electron chi connectivity index (χ2n) is 5.19. The minimum Gasteiger partial charge on any atom is -0.492 e. The number of nitrogen functional groups attached to an aromatic ring is 1. The van der Waals surface area contributed by atoms with Crippen molar-refractivity contribution in [2.75, 3.05) is 52.5 Å². The number of amidine groups is 1. The highest BCUT2D eigenvalue weighted by Crippen LogP contribution is 2.12. The van der Waals surface area contributed by atoms with E-state index in [1.54, 1.807) is 12.1 Å². The summed E-state index contributed by atoms with van der Waals surface area (Å²) in [6.45, 7) is 6.62. The van der Waals surface area contributed by atoms with E-state index in [1.807, 2.05) is 12.1 Å². The zero-order valence-electron chi connectivity index (χ0n) is 12.3. The average molecular weight is 292 g/mol. The van der Waals surface area contributed by atoms with Gasteiger partial charge in [-0.15, -0.1) is 0 Å². The normalized spacial score (nSPS) is 16.8. The number of nitrogens with two attached hydrogens (primary N) is 1. The number of hydrogen-bond donors (Lipinski definition) is 3. The Kier molecular flexibility index (Phi) is 5.98. The van der Waals surface area contributed by atoms with Crippen LogP contribution in [0.1, 0.15) is 5.56 Å². The minimum absolute atomic E-state index is 0.0716. The van der Waals surface area contributed by atoms with Crippen molar-refractivity contribution in [1.29, 1.82) is 5.41 Å². The lowest BCUT2D eigenvalue weighted by molar-refractivity contribution is 0.102. The van der Waals surface area contributed by atoms with E-state index < -0.39 is 0 Å². The summed E-state index contributed by atoms with van der Waals surface area (Å²) < 4.78 is 5.71. The predicted octanol–water partition coefficient (Wildman–Crippen LogP) is -0.0406. The molecule has 0 aliphatic carbocycles. The van der Waals surface area contributed by atoms with Crippen LogP contribution in [-0.2, 0) is 0 Å². The van der Waals surface area contributed by atoms with E-state index in [4.69, 9.17) is 21.0 Å². The Morgan fingerprint density at radius 1 is 1.10 bits per heavy atom. The van der Waals surface area contributed by atoms with E-state index in [-0.39, 0.29) is 12.4 Å². The molecular weight excluding hydrogens is 268 g/mol. The first-order valence-corrected chi connectivity index (χ1v) is 7.32. The monoisotopic (exact) mass is 292 g/mol. The lowest BCUT2D eigenvalue weighted by Crippen LogP contribution is -2.48. The minimum atomic E-state index is 0.0716. The molecule has 116 valence electrons. The van der Waals surface area contributed by atoms with Gasteiger partial charge in [-0.25, -0.2) is 0 Å². The van der Waals surface area contributed by atoms with E-state index in [0.29, 0.717) is 12.2 Å². The van der Waals surface area contributed by atoms with Crippen LogP contribution in [0.15, 0.2) is 24.3 Å². The Hall–Kier alpha value is -1.63. The first kappa shape index (κ1) is 15.8. The number of ether oxygens (including phenoxy) is 1. The van der Waals surface area contributed by atoms with Gasteiger partial charge < -0.3 is 15.6 Å². The van der Waals surface area contributed by atoms with Gasteiger partial charge in [0.05, 0.1) is 6.61 Å². The van der Waals surface area contributed by atoms with Gasteiger partial charge in [-0.1, -0.05) is 0 Å². The fourth-order valence-corrected chi connectivity index (χ4v) is 2.40. The third-order valence-corrected chi connectivity index (χ3v) is 3.72. The summed E-state index contributed by atoms with van der Waals surface area (Å²) in [6, 6.07) is 7.28. The standard InChI is InChI=1S/C15H24N4O2/c16-15(17)13-1-3-14(4-2-13)21-12-10-19-7-5-18(6-8-19)9-11-20/h1-4,20H,5-12H2,(H3,16,17). The molecule has 0 unspecified atom stereocenters. The van der Waals surface area contributed by atoms with Gasteiger partial charge >= 0.3 is 0 Å². The highest BCUT2D eigenvalue weighted by molar-refractivity contribution is 5.94. The molecule has 0 saturated carbocycles.